The van der Waals surface area contributed by atoms with Gasteiger partial charge in [0.15, 0.2) is 11.6 Å². The van der Waals surface area contributed by atoms with Crippen LogP contribution in [0.5, 0.6) is 5.75 Å². The Labute approximate surface area is 146 Å². The molecule has 0 saturated carbocycles. The number of aryl methyl sites for hydroxylation is 1. The highest BCUT2D eigenvalue weighted by molar-refractivity contribution is 5.62. The van der Waals surface area contributed by atoms with Gasteiger partial charge in [0.25, 0.3) is 0 Å². The number of nitrogen functional groups attached to an aromatic ring is 1. The summed E-state index contributed by atoms with van der Waals surface area (Å²) in [5.74, 6) is 2.86. The summed E-state index contributed by atoms with van der Waals surface area (Å²) in [5.41, 5.74) is 8.06. The Morgan fingerprint density at radius 2 is 1.96 bits per heavy atom. The van der Waals surface area contributed by atoms with Crippen molar-refractivity contribution in [3.05, 3.63) is 42.0 Å². The minimum Gasteiger partial charge on any atom is -0.494 e. The van der Waals surface area contributed by atoms with Crippen LogP contribution in [0.1, 0.15) is 25.4 Å². The maximum atomic E-state index is 5.69. The molecule has 0 aliphatic heterocycles. The van der Waals surface area contributed by atoms with Gasteiger partial charge >= 0.3 is 0 Å². The lowest BCUT2D eigenvalue weighted by Crippen LogP contribution is -2.05. The normalized spacial score (nSPS) is 11.1. The van der Waals surface area contributed by atoms with E-state index in [1.54, 1.807) is 18.0 Å². The molecule has 0 aliphatic rings. The lowest BCUT2D eigenvalue weighted by atomic mass is 10.1. The van der Waals surface area contributed by atoms with E-state index in [-0.39, 0.29) is 5.95 Å². The van der Waals surface area contributed by atoms with E-state index >= 15 is 0 Å². The van der Waals surface area contributed by atoms with Crippen molar-refractivity contribution in [2.75, 3.05) is 12.8 Å². The Morgan fingerprint density at radius 3 is 2.64 bits per heavy atom. The van der Waals surface area contributed by atoms with Crippen LogP contribution in [0.4, 0.5) is 5.95 Å². The molecule has 0 fully saturated rings. The van der Waals surface area contributed by atoms with Crippen molar-refractivity contribution in [3.63, 3.8) is 0 Å². The fraction of sp³-hybridized carbons (Fsp3) is 0.333. The standard InChI is InChI=1S/C18H22N6O/c1-11(2)9-16-22-17(13-10-20-18(19)21-12(13)3)24(23-16)14-7-5-6-8-15(14)25-4/h5-8,10-11H,9H2,1-4H3,(H2,19,20,21). The van der Waals surface area contributed by atoms with Crippen molar-refractivity contribution in [3.8, 4) is 22.8 Å². The van der Waals surface area contributed by atoms with E-state index in [1.165, 1.54) is 0 Å². The number of para-hydroxylation sites is 2. The van der Waals surface area contributed by atoms with E-state index in [1.807, 2.05) is 31.2 Å². The molecule has 25 heavy (non-hydrogen) atoms. The second kappa shape index (κ2) is 6.88. The van der Waals surface area contributed by atoms with E-state index < -0.39 is 0 Å². The number of nitrogens with zero attached hydrogens (tertiary/aromatic N) is 5. The average Bonchev–Trinajstić information content (AvgIpc) is 2.97. The molecule has 7 nitrogen and oxygen atoms in total. The van der Waals surface area contributed by atoms with Gasteiger partial charge < -0.3 is 10.5 Å². The second-order valence-corrected chi connectivity index (χ2v) is 6.26. The molecule has 2 aromatic heterocycles. The Balaban J connectivity index is 2.21. The number of aromatic nitrogens is 5. The molecule has 0 amide bonds. The lowest BCUT2D eigenvalue weighted by Gasteiger charge is -2.11. The minimum atomic E-state index is 0.243. The largest absolute Gasteiger partial charge is 0.494 e. The summed E-state index contributed by atoms with van der Waals surface area (Å²) in [7, 11) is 1.64. The molecule has 0 unspecified atom stereocenters. The molecule has 0 radical (unpaired) electrons. The smallest absolute Gasteiger partial charge is 0.220 e. The Hall–Kier alpha value is -2.96. The van der Waals surface area contributed by atoms with Gasteiger partial charge in [0.2, 0.25) is 5.95 Å². The number of nitrogens with two attached hydrogens (primary N) is 1. The number of anilines is 1. The summed E-state index contributed by atoms with van der Waals surface area (Å²) in [6.07, 6.45) is 2.47. The highest BCUT2D eigenvalue weighted by Gasteiger charge is 2.19. The molecule has 3 rings (SSSR count). The quantitative estimate of drug-likeness (QED) is 0.769. The summed E-state index contributed by atoms with van der Waals surface area (Å²) < 4.78 is 7.28. The molecule has 0 bridgehead atoms. The highest BCUT2D eigenvalue weighted by Crippen LogP contribution is 2.28. The third-order valence-electron chi connectivity index (χ3n) is 3.79. The zero-order valence-electron chi connectivity index (χ0n) is 14.9. The van der Waals surface area contributed by atoms with Crippen molar-refractivity contribution < 1.29 is 4.74 Å². The summed E-state index contributed by atoms with van der Waals surface area (Å²) in [5, 5.41) is 4.71. The van der Waals surface area contributed by atoms with E-state index in [9.17, 15) is 0 Å². The molecule has 2 heterocycles. The van der Waals surface area contributed by atoms with Gasteiger partial charge in [-0.1, -0.05) is 26.0 Å². The van der Waals surface area contributed by atoms with E-state index in [4.69, 9.17) is 20.6 Å². The molecule has 3 aromatic rings. The van der Waals surface area contributed by atoms with Crippen LogP contribution >= 0.6 is 0 Å². The first-order valence-corrected chi connectivity index (χ1v) is 8.18. The van der Waals surface area contributed by atoms with Crippen molar-refractivity contribution in [2.24, 2.45) is 5.92 Å². The number of hydrogen-bond donors (Lipinski definition) is 1. The number of hydrogen-bond acceptors (Lipinski definition) is 6. The van der Waals surface area contributed by atoms with Gasteiger partial charge in [-0.25, -0.2) is 19.6 Å². The van der Waals surface area contributed by atoms with Gasteiger partial charge in [-0.2, -0.15) is 5.10 Å². The topological polar surface area (TPSA) is 91.7 Å². The fourth-order valence-corrected chi connectivity index (χ4v) is 2.66. The molecule has 130 valence electrons. The van der Waals surface area contributed by atoms with Crippen molar-refractivity contribution in [2.45, 2.75) is 27.2 Å². The summed E-state index contributed by atoms with van der Waals surface area (Å²) in [4.78, 5) is 13.1. The van der Waals surface area contributed by atoms with E-state index in [0.717, 1.165) is 34.9 Å². The van der Waals surface area contributed by atoms with Crippen LogP contribution in [0.25, 0.3) is 17.1 Å². The summed E-state index contributed by atoms with van der Waals surface area (Å²) in [6.45, 7) is 6.17. The molecular formula is C18H22N6O. The molecule has 1 aromatic carbocycles. The monoisotopic (exact) mass is 338 g/mol. The first-order chi connectivity index (χ1) is 12.0. The number of methoxy groups -OCH3 is 1. The maximum absolute atomic E-state index is 5.69. The van der Waals surface area contributed by atoms with Crippen molar-refractivity contribution >= 4 is 5.95 Å². The molecular weight excluding hydrogens is 316 g/mol. The van der Waals surface area contributed by atoms with E-state index in [2.05, 4.69) is 23.8 Å². The number of benzene rings is 1. The zero-order chi connectivity index (χ0) is 18.0. The molecule has 0 saturated heterocycles. The molecule has 0 aliphatic carbocycles. The molecule has 2 N–H and O–H groups in total. The third kappa shape index (κ3) is 3.45. The van der Waals surface area contributed by atoms with Gasteiger partial charge in [0.05, 0.1) is 18.4 Å². The molecule has 0 spiro atoms. The van der Waals surface area contributed by atoms with Gasteiger partial charge in [-0.05, 0) is 25.0 Å². The van der Waals surface area contributed by atoms with Crippen LogP contribution < -0.4 is 10.5 Å². The predicted octanol–water partition coefficient (Wildman–Crippen LogP) is 2.82. The van der Waals surface area contributed by atoms with Gasteiger partial charge in [0, 0.05) is 12.6 Å². The van der Waals surface area contributed by atoms with Crippen LogP contribution in [-0.4, -0.2) is 31.8 Å². The third-order valence-corrected chi connectivity index (χ3v) is 3.79. The van der Waals surface area contributed by atoms with Gasteiger partial charge in [-0.3, -0.25) is 0 Å². The maximum Gasteiger partial charge on any atom is 0.220 e. The second-order valence-electron chi connectivity index (χ2n) is 6.26. The van der Waals surface area contributed by atoms with Crippen LogP contribution in [0, 0.1) is 12.8 Å². The minimum absolute atomic E-state index is 0.243. The highest BCUT2D eigenvalue weighted by atomic mass is 16.5. The number of ether oxygens (including phenoxy) is 1. The Bertz CT molecular complexity index is 887. The predicted molar refractivity (Wildman–Crippen MR) is 96.6 cm³/mol. The van der Waals surface area contributed by atoms with Crippen molar-refractivity contribution in [1.29, 1.82) is 0 Å². The first-order valence-electron chi connectivity index (χ1n) is 8.18. The van der Waals surface area contributed by atoms with Crippen molar-refractivity contribution in [1.82, 2.24) is 24.7 Å². The fourth-order valence-electron chi connectivity index (χ4n) is 2.66. The molecule has 7 heteroatoms. The SMILES string of the molecule is COc1ccccc1-n1nc(CC(C)C)nc1-c1cnc(N)nc1C. The van der Waals surface area contributed by atoms with Gasteiger partial charge in [0.1, 0.15) is 11.4 Å². The van der Waals surface area contributed by atoms with Crippen LogP contribution in [0.3, 0.4) is 0 Å². The Kier molecular flexibility index (Phi) is 4.65. The van der Waals surface area contributed by atoms with Crippen LogP contribution in [0.15, 0.2) is 30.5 Å². The van der Waals surface area contributed by atoms with Crippen LogP contribution in [0.2, 0.25) is 0 Å². The summed E-state index contributed by atoms with van der Waals surface area (Å²) >= 11 is 0. The summed E-state index contributed by atoms with van der Waals surface area (Å²) in [6, 6.07) is 7.71. The van der Waals surface area contributed by atoms with E-state index in [0.29, 0.717) is 11.7 Å². The first kappa shape index (κ1) is 16.9. The lowest BCUT2D eigenvalue weighted by molar-refractivity contribution is 0.411. The number of rotatable bonds is 5. The Morgan fingerprint density at radius 1 is 1.20 bits per heavy atom. The zero-order valence-corrected chi connectivity index (χ0v) is 14.9. The van der Waals surface area contributed by atoms with Gasteiger partial charge in [-0.15, -0.1) is 0 Å². The van der Waals surface area contributed by atoms with Crippen LogP contribution in [-0.2, 0) is 6.42 Å². The molecule has 0 atom stereocenters. The average molecular weight is 338 g/mol.